The van der Waals surface area contributed by atoms with Crippen molar-refractivity contribution in [2.75, 3.05) is 39.0 Å². The molecule has 0 bridgehead atoms. The van der Waals surface area contributed by atoms with E-state index in [1.165, 1.54) is 0 Å². The molecule has 0 aliphatic carbocycles. The standard InChI is InChI=1S/C17H27N5O.HI/c1-21(2)16(23)15-10-6-12-22(15)13-7-11-19-17(18)20-14-8-4-3-5-9-14;/h3-5,8-9,15H,6-7,10-13H2,1-2H3,(H3,18,19,20);1H. The van der Waals surface area contributed by atoms with Gasteiger partial charge in [-0.1, -0.05) is 18.2 Å². The summed E-state index contributed by atoms with van der Waals surface area (Å²) in [7, 11) is 3.64. The van der Waals surface area contributed by atoms with Crippen LogP contribution in [-0.4, -0.2) is 61.4 Å². The maximum atomic E-state index is 12.1. The second-order valence-electron chi connectivity index (χ2n) is 6.04. The highest BCUT2D eigenvalue weighted by Crippen LogP contribution is 2.18. The molecule has 1 aromatic rings. The number of halogens is 1. The second-order valence-corrected chi connectivity index (χ2v) is 6.04. The Hall–Kier alpha value is -1.35. The zero-order valence-corrected chi connectivity index (χ0v) is 16.8. The van der Waals surface area contributed by atoms with Gasteiger partial charge in [0.15, 0.2) is 5.96 Å². The first kappa shape index (κ1) is 20.7. The van der Waals surface area contributed by atoms with Crippen LogP contribution in [0.5, 0.6) is 0 Å². The fourth-order valence-corrected chi connectivity index (χ4v) is 2.85. The number of guanidine groups is 1. The zero-order valence-electron chi connectivity index (χ0n) is 14.4. The van der Waals surface area contributed by atoms with Crippen LogP contribution in [0.3, 0.4) is 0 Å². The summed E-state index contributed by atoms with van der Waals surface area (Å²) in [6.45, 7) is 2.53. The average Bonchev–Trinajstić information content (AvgIpc) is 3.00. The van der Waals surface area contributed by atoms with E-state index in [2.05, 4.69) is 15.2 Å². The highest BCUT2D eigenvalue weighted by molar-refractivity contribution is 14.0. The van der Waals surface area contributed by atoms with E-state index in [9.17, 15) is 4.79 Å². The number of anilines is 1. The number of hydrogen-bond donors (Lipinski definition) is 2. The predicted molar refractivity (Wildman–Crippen MR) is 110 cm³/mol. The van der Waals surface area contributed by atoms with E-state index in [1.54, 1.807) is 4.90 Å². The predicted octanol–water partition coefficient (Wildman–Crippen LogP) is 1.97. The van der Waals surface area contributed by atoms with Crippen LogP contribution in [0.1, 0.15) is 19.3 Å². The Bertz CT molecular complexity index is 535. The molecule has 7 heteroatoms. The molecule has 0 spiro atoms. The van der Waals surface area contributed by atoms with E-state index >= 15 is 0 Å². The van der Waals surface area contributed by atoms with Gasteiger partial charge in [0.05, 0.1) is 6.04 Å². The van der Waals surface area contributed by atoms with E-state index in [4.69, 9.17) is 5.73 Å². The molecule has 1 unspecified atom stereocenters. The van der Waals surface area contributed by atoms with Crippen molar-refractivity contribution in [2.24, 2.45) is 10.7 Å². The number of rotatable bonds is 6. The SMILES string of the molecule is CN(C)C(=O)C1CCCN1CCCN=C(N)Nc1ccccc1.I. The summed E-state index contributed by atoms with van der Waals surface area (Å²) in [5, 5.41) is 3.07. The Balaban J connectivity index is 0.00000288. The van der Waals surface area contributed by atoms with Crippen molar-refractivity contribution < 1.29 is 4.79 Å². The summed E-state index contributed by atoms with van der Waals surface area (Å²) in [6.07, 6.45) is 2.94. The Labute approximate surface area is 161 Å². The molecule has 0 aromatic heterocycles. The number of likely N-dealkylation sites (N-methyl/N-ethyl adjacent to an activating group) is 1. The van der Waals surface area contributed by atoms with Crippen molar-refractivity contribution in [3.05, 3.63) is 30.3 Å². The summed E-state index contributed by atoms with van der Waals surface area (Å²) in [5.74, 6) is 0.634. The molecular formula is C17H28IN5O. The molecule has 3 N–H and O–H groups in total. The molecule has 6 nitrogen and oxygen atoms in total. The largest absolute Gasteiger partial charge is 0.370 e. The van der Waals surface area contributed by atoms with Gasteiger partial charge in [-0.25, -0.2) is 0 Å². The van der Waals surface area contributed by atoms with Crippen molar-refractivity contribution in [3.63, 3.8) is 0 Å². The number of para-hydroxylation sites is 1. The van der Waals surface area contributed by atoms with Gasteiger partial charge in [-0.05, 0) is 37.9 Å². The maximum Gasteiger partial charge on any atom is 0.239 e. The first-order valence-corrected chi connectivity index (χ1v) is 8.15. The van der Waals surface area contributed by atoms with Crippen LogP contribution >= 0.6 is 24.0 Å². The van der Waals surface area contributed by atoms with Gasteiger partial charge in [-0.2, -0.15) is 0 Å². The average molecular weight is 445 g/mol. The number of aliphatic imine (C=N–C) groups is 1. The topological polar surface area (TPSA) is 74.0 Å². The molecule has 0 radical (unpaired) electrons. The molecule has 1 fully saturated rings. The molecule has 24 heavy (non-hydrogen) atoms. The number of amides is 1. The van der Waals surface area contributed by atoms with Crippen LogP contribution in [0.15, 0.2) is 35.3 Å². The zero-order chi connectivity index (χ0) is 16.7. The molecule has 134 valence electrons. The van der Waals surface area contributed by atoms with Gasteiger partial charge in [0, 0.05) is 32.9 Å². The van der Waals surface area contributed by atoms with Crippen LogP contribution in [0, 0.1) is 0 Å². The first-order valence-electron chi connectivity index (χ1n) is 8.15. The van der Waals surface area contributed by atoms with Crippen LogP contribution in [0.2, 0.25) is 0 Å². The minimum atomic E-state index is 0. The lowest BCUT2D eigenvalue weighted by atomic mass is 10.2. The monoisotopic (exact) mass is 445 g/mol. The summed E-state index contributed by atoms with van der Waals surface area (Å²) in [6, 6.07) is 9.79. The van der Waals surface area contributed by atoms with Gasteiger partial charge in [0.25, 0.3) is 0 Å². The summed E-state index contributed by atoms with van der Waals surface area (Å²) < 4.78 is 0. The Morgan fingerprint density at radius 2 is 2.08 bits per heavy atom. The fraction of sp³-hybridized carbons (Fsp3) is 0.529. The van der Waals surface area contributed by atoms with Crippen molar-refractivity contribution in [1.29, 1.82) is 0 Å². The first-order chi connectivity index (χ1) is 11.1. The minimum absolute atomic E-state index is 0. The van der Waals surface area contributed by atoms with E-state index in [1.807, 2.05) is 44.4 Å². The third-order valence-electron chi connectivity index (χ3n) is 4.02. The number of carbonyl (C=O) groups excluding carboxylic acids is 1. The number of nitrogens with zero attached hydrogens (tertiary/aromatic N) is 3. The fourth-order valence-electron chi connectivity index (χ4n) is 2.85. The van der Waals surface area contributed by atoms with Gasteiger partial charge in [-0.3, -0.25) is 14.7 Å². The molecule has 1 aromatic carbocycles. The molecule has 1 aliphatic heterocycles. The Morgan fingerprint density at radius 1 is 1.38 bits per heavy atom. The van der Waals surface area contributed by atoms with Crippen molar-refractivity contribution in [2.45, 2.75) is 25.3 Å². The Morgan fingerprint density at radius 3 is 2.75 bits per heavy atom. The van der Waals surface area contributed by atoms with Crippen LogP contribution in [-0.2, 0) is 4.79 Å². The number of nitrogens with two attached hydrogens (primary N) is 1. The smallest absolute Gasteiger partial charge is 0.239 e. The van der Waals surface area contributed by atoms with Gasteiger partial charge in [0.1, 0.15) is 0 Å². The summed E-state index contributed by atoms with van der Waals surface area (Å²) in [4.78, 5) is 20.4. The molecule has 1 saturated heterocycles. The van der Waals surface area contributed by atoms with Gasteiger partial charge in [-0.15, -0.1) is 24.0 Å². The number of carbonyl (C=O) groups is 1. The third-order valence-corrected chi connectivity index (χ3v) is 4.02. The highest BCUT2D eigenvalue weighted by atomic mass is 127. The van der Waals surface area contributed by atoms with Crippen LogP contribution < -0.4 is 11.1 Å². The van der Waals surface area contributed by atoms with E-state index in [0.717, 1.165) is 38.0 Å². The quantitative estimate of drug-likeness (QED) is 0.304. The molecule has 1 heterocycles. The minimum Gasteiger partial charge on any atom is -0.370 e. The normalized spacial score (nSPS) is 18.1. The molecule has 1 amide bonds. The van der Waals surface area contributed by atoms with Crippen molar-refractivity contribution in [1.82, 2.24) is 9.80 Å². The summed E-state index contributed by atoms with van der Waals surface area (Å²) >= 11 is 0. The molecule has 1 atom stereocenters. The third kappa shape index (κ3) is 6.27. The second kappa shape index (κ2) is 10.5. The number of likely N-dealkylation sites (tertiary alicyclic amines) is 1. The maximum absolute atomic E-state index is 12.1. The van der Waals surface area contributed by atoms with E-state index in [0.29, 0.717) is 12.5 Å². The molecular weight excluding hydrogens is 417 g/mol. The van der Waals surface area contributed by atoms with Gasteiger partial charge in [0.2, 0.25) is 5.91 Å². The summed E-state index contributed by atoms with van der Waals surface area (Å²) in [5.41, 5.74) is 6.81. The lowest BCUT2D eigenvalue weighted by Gasteiger charge is -2.25. The lowest BCUT2D eigenvalue weighted by molar-refractivity contribution is -0.133. The number of benzene rings is 1. The van der Waals surface area contributed by atoms with Gasteiger partial charge < -0.3 is 16.0 Å². The van der Waals surface area contributed by atoms with Crippen molar-refractivity contribution in [3.8, 4) is 0 Å². The van der Waals surface area contributed by atoms with Crippen LogP contribution in [0.4, 0.5) is 5.69 Å². The molecule has 1 aliphatic rings. The van der Waals surface area contributed by atoms with Crippen LogP contribution in [0.25, 0.3) is 0 Å². The highest BCUT2D eigenvalue weighted by Gasteiger charge is 2.30. The lowest BCUT2D eigenvalue weighted by Crippen LogP contribution is -2.43. The number of hydrogen-bond acceptors (Lipinski definition) is 3. The molecule has 0 saturated carbocycles. The molecule has 2 rings (SSSR count). The number of nitrogens with one attached hydrogen (secondary N) is 1. The van der Waals surface area contributed by atoms with Crippen molar-refractivity contribution >= 4 is 41.5 Å². The van der Waals surface area contributed by atoms with Gasteiger partial charge >= 0.3 is 0 Å². The van der Waals surface area contributed by atoms with E-state index < -0.39 is 0 Å². The Kier molecular flexibility index (Phi) is 9.05. The van der Waals surface area contributed by atoms with E-state index in [-0.39, 0.29) is 35.9 Å².